The van der Waals surface area contributed by atoms with Gasteiger partial charge in [-0.1, -0.05) is 31.0 Å². The van der Waals surface area contributed by atoms with E-state index in [-0.39, 0.29) is 24.2 Å². The molecule has 0 bridgehead atoms. The molecule has 6 heteroatoms. The number of fused-ring (bicyclic) bond motifs is 1. The van der Waals surface area contributed by atoms with E-state index < -0.39 is 11.4 Å². The molecule has 0 aromatic heterocycles. The predicted octanol–water partition coefficient (Wildman–Crippen LogP) is 2.75. The van der Waals surface area contributed by atoms with Gasteiger partial charge in [0.2, 0.25) is 5.91 Å². The first-order valence-electron chi connectivity index (χ1n) is 9.95. The second kappa shape index (κ2) is 7.23. The van der Waals surface area contributed by atoms with Crippen LogP contribution >= 0.6 is 0 Å². The summed E-state index contributed by atoms with van der Waals surface area (Å²) in [5.41, 5.74) is -0.330. The number of amides is 1. The minimum absolute atomic E-state index is 0.0886. The lowest BCUT2D eigenvalue weighted by Crippen LogP contribution is -2.42. The molecule has 1 N–H and O–H groups in total. The van der Waals surface area contributed by atoms with E-state index in [4.69, 9.17) is 0 Å². The average Bonchev–Trinajstić information content (AvgIpc) is 3.31. The summed E-state index contributed by atoms with van der Waals surface area (Å²) in [7, 11) is 0. The fourth-order valence-corrected chi connectivity index (χ4v) is 5.24. The Kier molecular flexibility index (Phi) is 4.93. The fourth-order valence-electron chi connectivity index (χ4n) is 5.24. The number of likely N-dealkylation sites (tertiary alicyclic amines) is 2. The predicted molar refractivity (Wildman–Crippen MR) is 98.4 cm³/mol. The summed E-state index contributed by atoms with van der Waals surface area (Å²) < 4.78 is 14.0. The minimum Gasteiger partial charge on any atom is -0.481 e. The van der Waals surface area contributed by atoms with Crippen LogP contribution < -0.4 is 0 Å². The quantitative estimate of drug-likeness (QED) is 0.861. The van der Waals surface area contributed by atoms with E-state index in [1.54, 1.807) is 23.1 Å². The summed E-state index contributed by atoms with van der Waals surface area (Å²) in [6.45, 7) is 2.16. The molecule has 4 rings (SSSR count). The summed E-state index contributed by atoms with van der Waals surface area (Å²) >= 11 is 0. The van der Waals surface area contributed by atoms with Gasteiger partial charge < -0.3 is 10.0 Å². The first-order valence-corrected chi connectivity index (χ1v) is 9.95. The van der Waals surface area contributed by atoms with E-state index in [0.717, 1.165) is 12.8 Å². The maximum atomic E-state index is 14.0. The van der Waals surface area contributed by atoms with E-state index in [1.807, 2.05) is 4.90 Å². The number of nitrogens with zero attached hydrogens (tertiary/aromatic N) is 2. The van der Waals surface area contributed by atoms with Crippen LogP contribution in [0.25, 0.3) is 0 Å². The topological polar surface area (TPSA) is 60.9 Å². The molecule has 3 fully saturated rings. The third kappa shape index (κ3) is 3.47. The minimum atomic E-state index is -0.920. The number of carbonyl (C=O) groups excluding carboxylic acids is 1. The Balaban J connectivity index is 1.43. The summed E-state index contributed by atoms with van der Waals surface area (Å²) in [6, 6.07) is 6.63. The van der Waals surface area contributed by atoms with E-state index in [9.17, 15) is 19.1 Å². The van der Waals surface area contributed by atoms with Gasteiger partial charge in [-0.2, -0.15) is 0 Å². The van der Waals surface area contributed by atoms with Crippen molar-refractivity contribution in [2.24, 2.45) is 17.3 Å². The van der Waals surface area contributed by atoms with Crippen LogP contribution in [-0.4, -0.2) is 53.0 Å². The molecule has 1 amide bonds. The molecule has 1 saturated carbocycles. The lowest BCUT2D eigenvalue weighted by molar-refractivity contribution is -0.149. The van der Waals surface area contributed by atoms with Gasteiger partial charge in [-0.05, 0) is 24.8 Å². The molecular formula is C21H27FN2O3. The molecule has 2 saturated heterocycles. The zero-order chi connectivity index (χ0) is 19.0. The number of hydrogen-bond acceptors (Lipinski definition) is 3. The number of halogens is 1. The van der Waals surface area contributed by atoms with Crippen molar-refractivity contribution in [2.45, 2.75) is 38.6 Å². The Morgan fingerprint density at radius 3 is 2.56 bits per heavy atom. The Morgan fingerprint density at radius 2 is 1.89 bits per heavy atom. The second-order valence-electron chi connectivity index (χ2n) is 8.55. The molecule has 0 spiro atoms. The Hall–Kier alpha value is -1.95. The lowest BCUT2D eigenvalue weighted by atomic mass is 9.81. The smallest absolute Gasteiger partial charge is 0.313 e. The number of benzene rings is 1. The number of hydrogen-bond donors (Lipinski definition) is 1. The Bertz CT molecular complexity index is 734. The first kappa shape index (κ1) is 18.4. The van der Waals surface area contributed by atoms with Crippen LogP contribution in [0.15, 0.2) is 24.3 Å². The molecule has 2 heterocycles. The number of carboxylic acids is 1. The summed E-state index contributed by atoms with van der Waals surface area (Å²) in [4.78, 5) is 28.6. The molecule has 0 unspecified atom stereocenters. The van der Waals surface area contributed by atoms with Crippen LogP contribution in [-0.2, 0) is 16.1 Å². The van der Waals surface area contributed by atoms with Gasteiger partial charge in [0.25, 0.3) is 0 Å². The third-order valence-corrected chi connectivity index (χ3v) is 6.75. The molecule has 5 nitrogen and oxygen atoms in total. The second-order valence-corrected chi connectivity index (χ2v) is 8.55. The summed E-state index contributed by atoms with van der Waals surface area (Å²) in [5, 5.41) is 9.96. The van der Waals surface area contributed by atoms with Gasteiger partial charge in [0, 0.05) is 50.6 Å². The summed E-state index contributed by atoms with van der Waals surface area (Å²) in [6.07, 6.45) is 5.18. The highest BCUT2D eigenvalue weighted by atomic mass is 19.1. The van der Waals surface area contributed by atoms with Crippen molar-refractivity contribution in [2.75, 3.05) is 26.2 Å². The van der Waals surface area contributed by atoms with E-state index in [1.165, 1.54) is 18.9 Å². The normalized spacial score (nSPS) is 28.6. The van der Waals surface area contributed by atoms with Crippen molar-refractivity contribution < 1.29 is 19.1 Å². The molecule has 2 aliphatic heterocycles. The van der Waals surface area contributed by atoms with Crippen LogP contribution in [0.1, 0.15) is 37.7 Å². The highest BCUT2D eigenvalue weighted by Gasteiger charge is 2.58. The number of carbonyl (C=O) groups is 2. The van der Waals surface area contributed by atoms with Crippen LogP contribution in [0.3, 0.4) is 0 Å². The molecule has 3 aliphatic rings. The van der Waals surface area contributed by atoms with Crippen molar-refractivity contribution in [1.29, 1.82) is 0 Å². The molecule has 2 atom stereocenters. The van der Waals surface area contributed by atoms with Crippen LogP contribution in [0.5, 0.6) is 0 Å². The van der Waals surface area contributed by atoms with Gasteiger partial charge in [-0.25, -0.2) is 4.39 Å². The van der Waals surface area contributed by atoms with Crippen LogP contribution in [0, 0.1) is 23.1 Å². The van der Waals surface area contributed by atoms with E-state index in [2.05, 4.69) is 0 Å². The molecule has 0 radical (unpaired) electrons. The molecule has 146 valence electrons. The lowest BCUT2D eigenvalue weighted by Gasteiger charge is -2.26. The standard InChI is InChI=1S/C21H27FN2O3/c22-18-8-4-3-7-16(18)10-23-11-17-12-24(14-21(17,13-23)20(26)27)19(25)9-15-5-1-2-6-15/h3-4,7-8,15,17H,1-2,5-6,9-14H2,(H,26,27)/t17-,21-/m1/s1. The van der Waals surface area contributed by atoms with E-state index >= 15 is 0 Å². The van der Waals surface area contributed by atoms with Crippen molar-refractivity contribution in [3.8, 4) is 0 Å². The molecular weight excluding hydrogens is 347 g/mol. The Labute approximate surface area is 159 Å². The largest absolute Gasteiger partial charge is 0.481 e. The van der Waals surface area contributed by atoms with Crippen molar-refractivity contribution in [1.82, 2.24) is 9.80 Å². The molecule has 1 aromatic rings. The average molecular weight is 374 g/mol. The maximum absolute atomic E-state index is 14.0. The van der Waals surface area contributed by atoms with Crippen molar-refractivity contribution in [3.05, 3.63) is 35.6 Å². The Morgan fingerprint density at radius 1 is 1.15 bits per heavy atom. The van der Waals surface area contributed by atoms with Crippen molar-refractivity contribution >= 4 is 11.9 Å². The fraction of sp³-hybridized carbons (Fsp3) is 0.619. The number of aliphatic carboxylic acids is 1. The van der Waals surface area contributed by atoms with Crippen LogP contribution in [0.4, 0.5) is 4.39 Å². The first-order chi connectivity index (χ1) is 13.0. The van der Waals surface area contributed by atoms with E-state index in [0.29, 0.717) is 44.1 Å². The number of rotatable bonds is 5. The third-order valence-electron chi connectivity index (χ3n) is 6.75. The van der Waals surface area contributed by atoms with Crippen molar-refractivity contribution in [3.63, 3.8) is 0 Å². The highest BCUT2D eigenvalue weighted by Crippen LogP contribution is 2.44. The monoisotopic (exact) mass is 374 g/mol. The SMILES string of the molecule is O=C(CC1CCCC1)N1C[C@H]2CN(Cc3ccccc3F)C[C@@]2(C(=O)O)C1. The van der Waals surface area contributed by atoms with Gasteiger partial charge in [-0.3, -0.25) is 14.5 Å². The molecule has 1 aromatic carbocycles. The van der Waals surface area contributed by atoms with Gasteiger partial charge >= 0.3 is 5.97 Å². The van der Waals surface area contributed by atoms with Gasteiger partial charge in [0.15, 0.2) is 0 Å². The van der Waals surface area contributed by atoms with Gasteiger partial charge in [-0.15, -0.1) is 0 Å². The zero-order valence-corrected chi connectivity index (χ0v) is 15.6. The maximum Gasteiger partial charge on any atom is 0.313 e. The van der Waals surface area contributed by atoms with Crippen LogP contribution in [0.2, 0.25) is 0 Å². The number of carboxylic acid groups (broad SMARTS) is 1. The summed E-state index contributed by atoms with van der Waals surface area (Å²) in [5.74, 6) is -0.602. The van der Waals surface area contributed by atoms with Gasteiger partial charge in [0.05, 0.1) is 0 Å². The van der Waals surface area contributed by atoms with Gasteiger partial charge in [0.1, 0.15) is 11.2 Å². The highest BCUT2D eigenvalue weighted by molar-refractivity contribution is 5.82. The molecule has 27 heavy (non-hydrogen) atoms. The zero-order valence-electron chi connectivity index (χ0n) is 15.6. The molecule has 1 aliphatic carbocycles.